The second-order valence-corrected chi connectivity index (χ2v) is 4.03. The molecule has 2 N–H and O–H groups in total. The van der Waals surface area contributed by atoms with Crippen LogP contribution in [-0.4, -0.2) is 36.2 Å². The molecule has 1 aliphatic carbocycles. The summed E-state index contributed by atoms with van der Waals surface area (Å²) in [7, 11) is 0. The predicted molar refractivity (Wildman–Crippen MR) is 52.2 cm³/mol. The maximum atomic E-state index is 11.2. The number of carbonyl (C=O) groups excluding carboxylic acids is 1. The minimum Gasteiger partial charge on any atom is -0.327 e. The van der Waals surface area contributed by atoms with Crippen LogP contribution in [0, 0.1) is 5.92 Å². The summed E-state index contributed by atoms with van der Waals surface area (Å²) in [4.78, 5) is 13.3. The molecule has 3 rings (SSSR count). The van der Waals surface area contributed by atoms with Gasteiger partial charge in [-0.3, -0.25) is 15.0 Å². The third-order valence-corrected chi connectivity index (χ3v) is 3.05. The second kappa shape index (κ2) is 2.93. The fraction of sp³-hybridized carbons (Fsp3) is 0.500. The van der Waals surface area contributed by atoms with E-state index in [4.69, 9.17) is 0 Å². The first-order chi connectivity index (χ1) is 6.83. The van der Waals surface area contributed by atoms with Crippen LogP contribution in [0.1, 0.15) is 0 Å². The van der Waals surface area contributed by atoms with Crippen molar-refractivity contribution < 1.29 is 4.79 Å². The maximum absolute atomic E-state index is 11.2. The maximum Gasteiger partial charge on any atom is 0.236 e. The van der Waals surface area contributed by atoms with Crippen molar-refractivity contribution in [2.24, 2.45) is 5.92 Å². The van der Waals surface area contributed by atoms with Crippen LogP contribution in [0.15, 0.2) is 24.3 Å². The largest absolute Gasteiger partial charge is 0.327 e. The lowest BCUT2D eigenvalue weighted by Crippen LogP contribution is -2.60. The van der Waals surface area contributed by atoms with E-state index in [9.17, 15) is 4.79 Å². The smallest absolute Gasteiger partial charge is 0.236 e. The normalized spacial score (nSPS) is 40.6. The molecule has 2 heterocycles. The van der Waals surface area contributed by atoms with Gasteiger partial charge < -0.3 is 5.32 Å². The van der Waals surface area contributed by atoms with Gasteiger partial charge in [-0.2, -0.15) is 0 Å². The molecule has 3 unspecified atom stereocenters. The van der Waals surface area contributed by atoms with Crippen molar-refractivity contribution in [3.63, 3.8) is 0 Å². The summed E-state index contributed by atoms with van der Waals surface area (Å²) in [6.07, 6.45) is 8.54. The van der Waals surface area contributed by atoms with Crippen LogP contribution < -0.4 is 10.6 Å². The lowest BCUT2D eigenvalue weighted by Gasteiger charge is -2.39. The predicted octanol–water partition coefficient (Wildman–Crippen LogP) is -0.584. The Balaban J connectivity index is 1.80. The van der Waals surface area contributed by atoms with Gasteiger partial charge in [0.05, 0.1) is 6.54 Å². The zero-order valence-corrected chi connectivity index (χ0v) is 7.81. The average molecular weight is 191 g/mol. The number of carbonyl (C=O) groups is 1. The van der Waals surface area contributed by atoms with Crippen molar-refractivity contribution in [1.29, 1.82) is 0 Å². The zero-order chi connectivity index (χ0) is 9.54. The van der Waals surface area contributed by atoms with Crippen LogP contribution >= 0.6 is 0 Å². The van der Waals surface area contributed by atoms with Gasteiger partial charge in [0.15, 0.2) is 0 Å². The Kier molecular flexibility index (Phi) is 1.72. The highest BCUT2D eigenvalue weighted by Crippen LogP contribution is 2.21. The van der Waals surface area contributed by atoms with E-state index in [1.807, 2.05) is 0 Å². The van der Waals surface area contributed by atoms with Gasteiger partial charge in [0.2, 0.25) is 5.91 Å². The van der Waals surface area contributed by atoms with E-state index in [-0.39, 0.29) is 12.2 Å². The molecule has 3 aliphatic rings. The summed E-state index contributed by atoms with van der Waals surface area (Å²) in [5.74, 6) is 0.623. The molecule has 0 aromatic carbocycles. The fourth-order valence-electron chi connectivity index (χ4n) is 2.34. The molecular formula is C10H13N3O. The van der Waals surface area contributed by atoms with Crippen LogP contribution in [0.2, 0.25) is 0 Å². The van der Waals surface area contributed by atoms with Crippen molar-refractivity contribution in [3.8, 4) is 0 Å². The highest BCUT2D eigenvalue weighted by Gasteiger charge is 2.38. The molecule has 14 heavy (non-hydrogen) atoms. The average Bonchev–Trinajstić information content (AvgIpc) is 2.53. The molecule has 1 amide bonds. The third-order valence-electron chi connectivity index (χ3n) is 3.05. The van der Waals surface area contributed by atoms with E-state index in [0.29, 0.717) is 18.5 Å². The lowest BCUT2D eigenvalue weighted by atomic mass is 9.93. The summed E-state index contributed by atoms with van der Waals surface area (Å²) < 4.78 is 0. The van der Waals surface area contributed by atoms with E-state index in [1.54, 1.807) is 0 Å². The molecule has 4 heteroatoms. The molecule has 0 radical (unpaired) electrons. The Bertz CT molecular complexity index is 293. The van der Waals surface area contributed by atoms with Gasteiger partial charge in [0.1, 0.15) is 6.29 Å². The number of nitrogens with one attached hydrogen (secondary N) is 2. The van der Waals surface area contributed by atoms with Crippen molar-refractivity contribution in [2.45, 2.75) is 12.3 Å². The number of amides is 1. The van der Waals surface area contributed by atoms with Gasteiger partial charge in [0, 0.05) is 18.5 Å². The number of fused-ring (bicyclic) bond motifs is 2. The third kappa shape index (κ3) is 1.19. The van der Waals surface area contributed by atoms with Gasteiger partial charge in [-0.15, -0.1) is 0 Å². The summed E-state index contributed by atoms with van der Waals surface area (Å²) in [6.45, 7) is 1.49. The van der Waals surface area contributed by atoms with Crippen molar-refractivity contribution in [2.75, 3.05) is 13.1 Å². The molecule has 0 aromatic heterocycles. The number of allylic oxidation sites excluding steroid dienone is 2. The summed E-state index contributed by atoms with van der Waals surface area (Å²) >= 11 is 0. The minimum absolute atomic E-state index is 0.0416. The first-order valence-corrected chi connectivity index (χ1v) is 4.97. The second-order valence-electron chi connectivity index (χ2n) is 4.03. The van der Waals surface area contributed by atoms with Gasteiger partial charge in [-0.05, 0) is 0 Å². The molecule has 2 saturated heterocycles. The number of hydrogen-bond donors (Lipinski definition) is 2. The SMILES string of the molecule is O=C1CN2CC3C=CC=CC3NC2N1. The van der Waals surface area contributed by atoms with Gasteiger partial charge in [-0.1, -0.05) is 24.3 Å². The molecule has 74 valence electrons. The molecule has 4 nitrogen and oxygen atoms in total. The molecule has 3 atom stereocenters. The first-order valence-electron chi connectivity index (χ1n) is 4.97. The topological polar surface area (TPSA) is 44.4 Å². The molecule has 2 aliphatic heterocycles. The lowest BCUT2D eigenvalue weighted by molar-refractivity contribution is -0.118. The monoisotopic (exact) mass is 191 g/mol. The van der Waals surface area contributed by atoms with Crippen LogP contribution in [0.5, 0.6) is 0 Å². The van der Waals surface area contributed by atoms with E-state index in [2.05, 4.69) is 39.8 Å². The number of hydrogen-bond acceptors (Lipinski definition) is 3. The van der Waals surface area contributed by atoms with Gasteiger partial charge >= 0.3 is 0 Å². The van der Waals surface area contributed by atoms with Gasteiger partial charge in [-0.25, -0.2) is 0 Å². The summed E-state index contributed by atoms with van der Waals surface area (Å²) in [5, 5.41) is 6.31. The number of rotatable bonds is 0. The van der Waals surface area contributed by atoms with Crippen molar-refractivity contribution in [3.05, 3.63) is 24.3 Å². The van der Waals surface area contributed by atoms with Crippen LogP contribution in [0.4, 0.5) is 0 Å². The van der Waals surface area contributed by atoms with Crippen LogP contribution in [0.3, 0.4) is 0 Å². The van der Waals surface area contributed by atoms with Crippen LogP contribution in [0.25, 0.3) is 0 Å². The zero-order valence-electron chi connectivity index (χ0n) is 7.81. The molecule has 0 spiro atoms. The molecular weight excluding hydrogens is 178 g/mol. The highest BCUT2D eigenvalue weighted by molar-refractivity contribution is 5.80. The van der Waals surface area contributed by atoms with Crippen molar-refractivity contribution in [1.82, 2.24) is 15.5 Å². The summed E-state index contributed by atoms with van der Waals surface area (Å²) in [6, 6.07) is 0.375. The Morgan fingerprint density at radius 1 is 1.36 bits per heavy atom. The minimum atomic E-state index is 0.0416. The van der Waals surface area contributed by atoms with Crippen molar-refractivity contribution >= 4 is 5.91 Å². The fourth-order valence-corrected chi connectivity index (χ4v) is 2.34. The highest BCUT2D eigenvalue weighted by atomic mass is 16.2. The molecule has 0 saturated carbocycles. The molecule has 0 bridgehead atoms. The Labute approximate surface area is 82.6 Å². The Hall–Kier alpha value is -1.13. The quantitative estimate of drug-likeness (QED) is 0.538. The first kappa shape index (κ1) is 8.20. The standard InChI is InChI=1S/C10H13N3O/c14-9-6-13-5-7-3-1-2-4-8(7)11-10(13)12-9/h1-4,7-8,10-11H,5-6H2,(H,12,14). The van der Waals surface area contributed by atoms with Crippen LogP contribution in [-0.2, 0) is 4.79 Å². The Morgan fingerprint density at radius 3 is 3.14 bits per heavy atom. The van der Waals surface area contributed by atoms with E-state index >= 15 is 0 Å². The van der Waals surface area contributed by atoms with E-state index in [0.717, 1.165) is 6.54 Å². The van der Waals surface area contributed by atoms with E-state index < -0.39 is 0 Å². The molecule has 0 aromatic rings. The van der Waals surface area contributed by atoms with Gasteiger partial charge in [0.25, 0.3) is 0 Å². The number of nitrogens with zero attached hydrogens (tertiary/aromatic N) is 1. The molecule has 2 fully saturated rings. The van der Waals surface area contributed by atoms with E-state index in [1.165, 1.54) is 0 Å². The Morgan fingerprint density at radius 2 is 2.21 bits per heavy atom. The summed E-state index contributed by atoms with van der Waals surface area (Å²) in [5.41, 5.74) is 0.